The number of likely N-dealkylation sites (tertiary alicyclic amines) is 1. The summed E-state index contributed by atoms with van der Waals surface area (Å²) in [4.78, 5) is 24.8. The summed E-state index contributed by atoms with van der Waals surface area (Å²) in [7, 11) is 0. The molecule has 0 spiro atoms. The Morgan fingerprint density at radius 2 is 2.10 bits per heavy atom. The monoisotopic (exact) mass is 351 g/mol. The zero-order chi connectivity index (χ0) is 15.6. The summed E-state index contributed by atoms with van der Waals surface area (Å²) in [6, 6.07) is 5.91. The van der Waals surface area contributed by atoms with E-state index in [2.05, 4.69) is 15.9 Å². The summed E-state index contributed by atoms with van der Waals surface area (Å²) in [6.45, 7) is 4.65. The van der Waals surface area contributed by atoms with Crippen molar-refractivity contribution in [3.05, 3.63) is 39.9 Å². The van der Waals surface area contributed by atoms with Gasteiger partial charge in [-0.05, 0) is 36.1 Å². The van der Waals surface area contributed by atoms with Crippen molar-refractivity contribution >= 4 is 33.9 Å². The molecule has 1 aromatic carbocycles. The van der Waals surface area contributed by atoms with Gasteiger partial charge in [-0.2, -0.15) is 0 Å². The SMILES string of the molecule is Cc1ccc(C=CC(=O)N2CC(C)C(C(=O)O)C2)c(Br)c1. The fourth-order valence-corrected chi connectivity index (χ4v) is 3.13. The molecule has 0 aromatic heterocycles. The van der Waals surface area contributed by atoms with Gasteiger partial charge < -0.3 is 10.0 Å². The third kappa shape index (κ3) is 3.73. The Morgan fingerprint density at radius 3 is 2.67 bits per heavy atom. The number of hydrogen-bond donors (Lipinski definition) is 1. The van der Waals surface area contributed by atoms with E-state index < -0.39 is 11.9 Å². The standard InChI is InChI=1S/C16H18BrNO3/c1-10-3-4-12(14(17)7-10)5-6-15(19)18-8-11(2)13(9-18)16(20)21/h3-7,11,13H,8-9H2,1-2H3,(H,20,21). The Balaban J connectivity index is 2.05. The summed E-state index contributed by atoms with van der Waals surface area (Å²) in [6.07, 6.45) is 3.26. The van der Waals surface area contributed by atoms with Crippen molar-refractivity contribution in [2.75, 3.05) is 13.1 Å². The molecule has 2 rings (SSSR count). The van der Waals surface area contributed by atoms with Crippen molar-refractivity contribution < 1.29 is 14.7 Å². The van der Waals surface area contributed by atoms with Gasteiger partial charge in [0.1, 0.15) is 0 Å². The minimum absolute atomic E-state index is 0.00837. The lowest BCUT2D eigenvalue weighted by Gasteiger charge is -2.13. The summed E-state index contributed by atoms with van der Waals surface area (Å²) >= 11 is 3.47. The van der Waals surface area contributed by atoms with Crippen LogP contribution < -0.4 is 0 Å². The van der Waals surface area contributed by atoms with Gasteiger partial charge in [0.2, 0.25) is 5.91 Å². The minimum Gasteiger partial charge on any atom is -0.481 e. The maximum absolute atomic E-state index is 12.1. The lowest BCUT2D eigenvalue weighted by molar-refractivity contribution is -0.142. The lowest BCUT2D eigenvalue weighted by atomic mass is 9.99. The van der Waals surface area contributed by atoms with Crippen LogP contribution >= 0.6 is 15.9 Å². The second kappa shape index (κ2) is 6.43. The number of carboxylic acid groups (broad SMARTS) is 1. The van der Waals surface area contributed by atoms with Crippen molar-refractivity contribution in [2.24, 2.45) is 11.8 Å². The maximum atomic E-state index is 12.1. The number of carbonyl (C=O) groups excluding carboxylic acids is 1. The highest BCUT2D eigenvalue weighted by molar-refractivity contribution is 9.10. The van der Waals surface area contributed by atoms with Crippen LogP contribution in [0, 0.1) is 18.8 Å². The van der Waals surface area contributed by atoms with E-state index in [1.807, 2.05) is 32.0 Å². The van der Waals surface area contributed by atoms with Crippen molar-refractivity contribution in [1.29, 1.82) is 0 Å². The fourth-order valence-electron chi connectivity index (χ4n) is 2.50. The third-order valence-electron chi connectivity index (χ3n) is 3.80. The topological polar surface area (TPSA) is 57.6 Å². The largest absolute Gasteiger partial charge is 0.481 e. The number of halogens is 1. The molecule has 2 atom stereocenters. The molecule has 1 aliphatic rings. The summed E-state index contributed by atoms with van der Waals surface area (Å²) in [5.41, 5.74) is 2.07. The van der Waals surface area contributed by atoms with Crippen LogP contribution in [0.4, 0.5) is 0 Å². The van der Waals surface area contributed by atoms with Crippen LogP contribution in [-0.2, 0) is 9.59 Å². The van der Waals surface area contributed by atoms with Gasteiger partial charge in [-0.3, -0.25) is 9.59 Å². The van der Waals surface area contributed by atoms with Crippen LogP contribution in [-0.4, -0.2) is 35.0 Å². The number of nitrogens with zero attached hydrogens (tertiary/aromatic N) is 1. The molecule has 1 N–H and O–H groups in total. The molecule has 21 heavy (non-hydrogen) atoms. The number of hydrogen-bond acceptors (Lipinski definition) is 2. The molecular weight excluding hydrogens is 334 g/mol. The second-order valence-corrected chi connectivity index (χ2v) is 6.38. The first-order valence-corrected chi connectivity index (χ1v) is 7.63. The Kier molecular flexibility index (Phi) is 4.83. The molecule has 2 unspecified atom stereocenters. The number of amides is 1. The number of aryl methyl sites for hydroxylation is 1. The molecule has 112 valence electrons. The summed E-state index contributed by atoms with van der Waals surface area (Å²) in [5.74, 6) is -1.44. The average Bonchev–Trinajstić information content (AvgIpc) is 2.80. The average molecular weight is 352 g/mol. The Hall–Kier alpha value is -1.62. The zero-order valence-electron chi connectivity index (χ0n) is 12.0. The van der Waals surface area contributed by atoms with Crippen LogP contribution in [0.1, 0.15) is 18.1 Å². The van der Waals surface area contributed by atoms with Gasteiger partial charge in [-0.25, -0.2) is 0 Å². The van der Waals surface area contributed by atoms with E-state index in [1.165, 1.54) is 6.08 Å². The lowest BCUT2D eigenvalue weighted by Crippen LogP contribution is -2.28. The molecule has 0 bridgehead atoms. The van der Waals surface area contributed by atoms with E-state index in [0.717, 1.165) is 15.6 Å². The van der Waals surface area contributed by atoms with Crippen molar-refractivity contribution in [3.8, 4) is 0 Å². The summed E-state index contributed by atoms with van der Waals surface area (Å²) in [5, 5.41) is 9.09. The maximum Gasteiger partial charge on any atom is 0.308 e. The molecule has 1 saturated heterocycles. The number of aliphatic carboxylic acids is 1. The molecule has 1 aliphatic heterocycles. The summed E-state index contributed by atoms with van der Waals surface area (Å²) < 4.78 is 0.935. The molecule has 1 amide bonds. The third-order valence-corrected chi connectivity index (χ3v) is 4.49. The first kappa shape index (κ1) is 15.8. The quantitative estimate of drug-likeness (QED) is 0.851. The van der Waals surface area contributed by atoms with Gasteiger partial charge in [0.15, 0.2) is 0 Å². The molecule has 0 radical (unpaired) electrons. The Morgan fingerprint density at radius 1 is 1.38 bits per heavy atom. The van der Waals surface area contributed by atoms with Gasteiger partial charge in [0, 0.05) is 23.6 Å². The highest BCUT2D eigenvalue weighted by Gasteiger charge is 2.36. The molecule has 4 nitrogen and oxygen atoms in total. The molecule has 0 aliphatic carbocycles. The van der Waals surface area contributed by atoms with Crippen molar-refractivity contribution in [1.82, 2.24) is 4.90 Å². The number of rotatable bonds is 3. The predicted octanol–water partition coefficient (Wildman–Crippen LogP) is 2.95. The van der Waals surface area contributed by atoms with E-state index >= 15 is 0 Å². The highest BCUT2D eigenvalue weighted by Crippen LogP contribution is 2.24. The van der Waals surface area contributed by atoms with E-state index in [0.29, 0.717) is 6.54 Å². The van der Waals surface area contributed by atoms with Gasteiger partial charge in [0.05, 0.1) is 5.92 Å². The second-order valence-electron chi connectivity index (χ2n) is 5.52. The smallest absolute Gasteiger partial charge is 0.308 e. The molecule has 1 aromatic rings. The molecular formula is C16H18BrNO3. The zero-order valence-corrected chi connectivity index (χ0v) is 13.6. The van der Waals surface area contributed by atoms with E-state index in [9.17, 15) is 9.59 Å². The Bertz CT molecular complexity index is 597. The van der Waals surface area contributed by atoms with E-state index in [4.69, 9.17) is 5.11 Å². The van der Waals surface area contributed by atoms with Gasteiger partial charge in [-0.15, -0.1) is 0 Å². The number of carboxylic acids is 1. The minimum atomic E-state index is -0.831. The normalized spacial score (nSPS) is 22.0. The first-order valence-electron chi connectivity index (χ1n) is 6.84. The van der Waals surface area contributed by atoms with Crippen LogP contribution in [0.3, 0.4) is 0 Å². The van der Waals surface area contributed by atoms with Gasteiger partial charge in [-0.1, -0.05) is 35.0 Å². The van der Waals surface area contributed by atoms with E-state index in [1.54, 1.807) is 11.0 Å². The molecule has 5 heteroatoms. The van der Waals surface area contributed by atoms with Crippen LogP contribution in [0.15, 0.2) is 28.7 Å². The number of carbonyl (C=O) groups is 2. The van der Waals surface area contributed by atoms with Crippen LogP contribution in [0.5, 0.6) is 0 Å². The highest BCUT2D eigenvalue weighted by atomic mass is 79.9. The number of benzene rings is 1. The van der Waals surface area contributed by atoms with Crippen molar-refractivity contribution in [3.63, 3.8) is 0 Å². The molecule has 0 saturated carbocycles. The van der Waals surface area contributed by atoms with E-state index in [-0.39, 0.29) is 18.4 Å². The fraction of sp³-hybridized carbons (Fsp3) is 0.375. The van der Waals surface area contributed by atoms with Gasteiger partial charge >= 0.3 is 5.97 Å². The van der Waals surface area contributed by atoms with Gasteiger partial charge in [0.25, 0.3) is 0 Å². The van der Waals surface area contributed by atoms with Crippen LogP contribution in [0.2, 0.25) is 0 Å². The van der Waals surface area contributed by atoms with Crippen molar-refractivity contribution in [2.45, 2.75) is 13.8 Å². The molecule has 1 heterocycles. The first-order chi connectivity index (χ1) is 9.88. The Labute approximate surface area is 132 Å². The predicted molar refractivity (Wildman–Crippen MR) is 84.8 cm³/mol. The molecule has 1 fully saturated rings. The van der Waals surface area contributed by atoms with Crippen LogP contribution in [0.25, 0.3) is 6.08 Å².